The molecule has 4 heteroatoms. The summed E-state index contributed by atoms with van der Waals surface area (Å²) >= 11 is 0. The van der Waals surface area contributed by atoms with Crippen LogP contribution in [-0.4, -0.2) is 17.9 Å². The Labute approximate surface area is 75.2 Å². The first kappa shape index (κ1) is 8.04. The molecule has 0 saturated heterocycles. The number of nitrogens with zero attached hydrogens (tertiary/aromatic N) is 1. The molecule has 0 aromatic carbocycles. The van der Waals surface area contributed by atoms with Crippen LogP contribution in [0.4, 0.5) is 5.69 Å². The van der Waals surface area contributed by atoms with E-state index in [1.165, 1.54) is 4.90 Å². The monoisotopic (exact) mass is 178 g/mol. The van der Waals surface area contributed by atoms with E-state index in [0.29, 0.717) is 18.4 Å². The second-order valence-corrected chi connectivity index (χ2v) is 3.12. The Bertz CT molecular complexity index is 408. The van der Waals surface area contributed by atoms with Gasteiger partial charge in [0, 0.05) is 25.2 Å². The summed E-state index contributed by atoms with van der Waals surface area (Å²) in [5.41, 5.74) is 1.36. The fourth-order valence-corrected chi connectivity index (χ4v) is 1.59. The van der Waals surface area contributed by atoms with Crippen molar-refractivity contribution in [1.82, 2.24) is 4.98 Å². The van der Waals surface area contributed by atoms with Crippen LogP contribution >= 0.6 is 0 Å². The lowest BCUT2D eigenvalue weighted by Crippen LogP contribution is -2.34. The molecule has 0 bridgehead atoms. The number of amides is 1. The van der Waals surface area contributed by atoms with E-state index in [2.05, 4.69) is 4.98 Å². The van der Waals surface area contributed by atoms with Crippen LogP contribution in [0.25, 0.3) is 0 Å². The average Bonchev–Trinajstić information content (AvgIpc) is 2.12. The highest BCUT2D eigenvalue weighted by Gasteiger charge is 2.22. The maximum absolute atomic E-state index is 11.3. The number of rotatable bonds is 0. The lowest BCUT2D eigenvalue weighted by atomic mass is 10.0. The Hall–Kier alpha value is -1.58. The first-order chi connectivity index (χ1) is 6.20. The van der Waals surface area contributed by atoms with Gasteiger partial charge in [0.05, 0.1) is 5.69 Å². The van der Waals surface area contributed by atoms with E-state index in [0.717, 1.165) is 5.69 Å². The minimum Gasteiger partial charge on any atom is -0.329 e. The van der Waals surface area contributed by atoms with Crippen molar-refractivity contribution in [2.45, 2.75) is 12.8 Å². The van der Waals surface area contributed by atoms with Gasteiger partial charge in [-0.05, 0) is 12.5 Å². The molecule has 68 valence electrons. The second kappa shape index (κ2) is 2.73. The molecule has 1 aromatic heterocycles. The van der Waals surface area contributed by atoms with Crippen molar-refractivity contribution in [1.29, 1.82) is 0 Å². The second-order valence-electron chi connectivity index (χ2n) is 3.12. The maximum atomic E-state index is 11.3. The number of aromatic nitrogens is 1. The van der Waals surface area contributed by atoms with Crippen LogP contribution in [0.2, 0.25) is 0 Å². The molecule has 1 N–H and O–H groups in total. The van der Waals surface area contributed by atoms with Crippen LogP contribution in [0.1, 0.15) is 12.0 Å². The Balaban J connectivity index is 2.62. The van der Waals surface area contributed by atoms with Gasteiger partial charge in [0.15, 0.2) is 0 Å². The van der Waals surface area contributed by atoms with Crippen LogP contribution in [0.3, 0.4) is 0 Å². The summed E-state index contributed by atoms with van der Waals surface area (Å²) in [4.78, 5) is 26.7. The molecule has 4 nitrogen and oxygen atoms in total. The zero-order chi connectivity index (χ0) is 9.42. The third kappa shape index (κ3) is 1.14. The minimum atomic E-state index is -0.0862. The lowest BCUT2D eigenvalue weighted by molar-refractivity contribution is -0.118. The number of hydrogen-bond acceptors (Lipinski definition) is 2. The molecular formula is C9H10N2O2. The van der Waals surface area contributed by atoms with Gasteiger partial charge in [0.1, 0.15) is 0 Å². The fraction of sp³-hybridized carbons (Fsp3) is 0.333. The van der Waals surface area contributed by atoms with Crippen molar-refractivity contribution in [3.05, 3.63) is 28.2 Å². The number of carbonyl (C=O) groups is 1. The van der Waals surface area contributed by atoms with Gasteiger partial charge in [0.2, 0.25) is 5.91 Å². The predicted molar refractivity (Wildman–Crippen MR) is 48.8 cm³/mol. The van der Waals surface area contributed by atoms with E-state index < -0.39 is 0 Å². The zero-order valence-electron chi connectivity index (χ0n) is 7.33. The number of nitrogens with one attached hydrogen (secondary N) is 1. The number of fused-ring (bicyclic) bond motifs is 1. The van der Waals surface area contributed by atoms with Crippen LogP contribution in [0, 0.1) is 0 Å². The van der Waals surface area contributed by atoms with E-state index in [-0.39, 0.29) is 11.5 Å². The molecule has 1 aromatic rings. The molecule has 1 amide bonds. The molecule has 1 aliphatic rings. The van der Waals surface area contributed by atoms with Crippen molar-refractivity contribution in [3.8, 4) is 0 Å². The highest BCUT2D eigenvalue weighted by Crippen LogP contribution is 2.22. The Morgan fingerprint density at radius 1 is 1.38 bits per heavy atom. The van der Waals surface area contributed by atoms with Gasteiger partial charge in [-0.1, -0.05) is 0 Å². The van der Waals surface area contributed by atoms with Crippen molar-refractivity contribution >= 4 is 11.6 Å². The van der Waals surface area contributed by atoms with Crippen molar-refractivity contribution in [3.63, 3.8) is 0 Å². The molecule has 2 heterocycles. The van der Waals surface area contributed by atoms with Crippen LogP contribution in [0.15, 0.2) is 17.1 Å². The van der Waals surface area contributed by atoms with Gasteiger partial charge in [0.25, 0.3) is 5.56 Å². The van der Waals surface area contributed by atoms with E-state index in [1.54, 1.807) is 19.3 Å². The van der Waals surface area contributed by atoms with Gasteiger partial charge >= 0.3 is 0 Å². The molecule has 0 spiro atoms. The summed E-state index contributed by atoms with van der Waals surface area (Å²) in [5.74, 6) is 0.0677. The number of anilines is 1. The average molecular weight is 178 g/mol. The lowest BCUT2D eigenvalue weighted by Gasteiger charge is -2.24. The third-order valence-corrected chi connectivity index (χ3v) is 2.36. The summed E-state index contributed by atoms with van der Waals surface area (Å²) in [5, 5.41) is 0. The molecular weight excluding hydrogens is 168 g/mol. The Morgan fingerprint density at radius 2 is 2.15 bits per heavy atom. The van der Waals surface area contributed by atoms with Crippen molar-refractivity contribution in [2.24, 2.45) is 0 Å². The highest BCUT2D eigenvalue weighted by molar-refractivity contribution is 5.95. The molecule has 0 unspecified atom stereocenters. The Kier molecular flexibility index (Phi) is 1.69. The SMILES string of the molecule is CN1C(=O)CCc2c1cc[nH]c2=O. The summed E-state index contributed by atoms with van der Waals surface area (Å²) < 4.78 is 0. The molecule has 13 heavy (non-hydrogen) atoms. The number of H-pyrrole nitrogens is 1. The van der Waals surface area contributed by atoms with E-state index in [4.69, 9.17) is 0 Å². The first-order valence-corrected chi connectivity index (χ1v) is 4.17. The number of aromatic amines is 1. The standard InChI is InChI=1S/C9H10N2O2/c1-11-7-4-5-10-9(13)6(7)2-3-8(11)12/h4-5H,2-3H2,1H3,(H,10,13). The first-order valence-electron chi connectivity index (χ1n) is 4.17. The molecule has 0 atom stereocenters. The van der Waals surface area contributed by atoms with E-state index in [9.17, 15) is 9.59 Å². The maximum Gasteiger partial charge on any atom is 0.253 e. The smallest absolute Gasteiger partial charge is 0.253 e. The normalized spacial score (nSPS) is 15.8. The van der Waals surface area contributed by atoms with Gasteiger partial charge < -0.3 is 9.88 Å². The summed E-state index contributed by atoms with van der Waals surface area (Å²) in [6.45, 7) is 0. The van der Waals surface area contributed by atoms with Crippen molar-refractivity contribution in [2.75, 3.05) is 11.9 Å². The molecule has 0 saturated carbocycles. The molecule has 0 radical (unpaired) electrons. The number of pyridine rings is 1. The van der Waals surface area contributed by atoms with Crippen LogP contribution in [-0.2, 0) is 11.2 Å². The number of carbonyl (C=O) groups excluding carboxylic acids is 1. The fourth-order valence-electron chi connectivity index (χ4n) is 1.59. The van der Waals surface area contributed by atoms with E-state index in [1.807, 2.05) is 0 Å². The molecule has 0 aliphatic carbocycles. The molecule has 2 rings (SSSR count). The van der Waals surface area contributed by atoms with Crippen molar-refractivity contribution < 1.29 is 4.79 Å². The minimum absolute atomic E-state index is 0.0677. The van der Waals surface area contributed by atoms with Gasteiger partial charge in [-0.15, -0.1) is 0 Å². The molecule has 0 fully saturated rings. The molecule has 1 aliphatic heterocycles. The van der Waals surface area contributed by atoms with Crippen LogP contribution in [0.5, 0.6) is 0 Å². The van der Waals surface area contributed by atoms with E-state index >= 15 is 0 Å². The van der Waals surface area contributed by atoms with Gasteiger partial charge in [-0.25, -0.2) is 0 Å². The summed E-state index contributed by atoms with van der Waals surface area (Å²) in [6, 6.07) is 1.76. The van der Waals surface area contributed by atoms with Crippen LogP contribution < -0.4 is 10.5 Å². The van der Waals surface area contributed by atoms with Gasteiger partial charge in [-0.2, -0.15) is 0 Å². The summed E-state index contributed by atoms with van der Waals surface area (Å²) in [7, 11) is 1.69. The topological polar surface area (TPSA) is 53.2 Å². The van der Waals surface area contributed by atoms with Gasteiger partial charge in [-0.3, -0.25) is 9.59 Å². The highest BCUT2D eigenvalue weighted by atomic mass is 16.2. The predicted octanol–water partition coefficient (Wildman–Crippen LogP) is 0.284. The third-order valence-electron chi connectivity index (χ3n) is 2.36. The zero-order valence-corrected chi connectivity index (χ0v) is 7.33. The quantitative estimate of drug-likeness (QED) is 0.620. The number of hydrogen-bond donors (Lipinski definition) is 1. The largest absolute Gasteiger partial charge is 0.329 e. The Morgan fingerprint density at radius 3 is 2.92 bits per heavy atom. The summed E-state index contributed by atoms with van der Waals surface area (Å²) in [6.07, 6.45) is 2.54.